The van der Waals surface area contributed by atoms with Gasteiger partial charge in [0.15, 0.2) is 0 Å². The maximum Gasteiger partial charge on any atom is 0.316 e. The molecule has 4 N–H and O–H groups in total. The summed E-state index contributed by atoms with van der Waals surface area (Å²) >= 11 is 0. The third-order valence-corrected chi connectivity index (χ3v) is 3.59. The second-order valence-electron chi connectivity index (χ2n) is 5.48. The van der Waals surface area contributed by atoms with Crippen LogP contribution in [0, 0.1) is 0 Å². The molecule has 0 heterocycles. The lowest BCUT2D eigenvalue weighted by atomic mass is 10.0. The summed E-state index contributed by atoms with van der Waals surface area (Å²) in [5.74, 6) is -0.124. The summed E-state index contributed by atoms with van der Waals surface area (Å²) in [6, 6.07) is 20.2. The maximum absolute atomic E-state index is 12.2. The number of nitrogens with two attached hydrogens (primary N) is 1. The highest BCUT2D eigenvalue weighted by atomic mass is 16.2. The third kappa shape index (κ3) is 3.89. The van der Waals surface area contributed by atoms with Crippen LogP contribution < -0.4 is 16.4 Å². The fraction of sp³-hybridized carbons (Fsp3) is 0.0526. The van der Waals surface area contributed by atoms with Gasteiger partial charge in [0.25, 0.3) is 0 Å². The summed E-state index contributed by atoms with van der Waals surface area (Å²) in [5, 5.41) is 7.55. The molecule has 0 saturated carbocycles. The van der Waals surface area contributed by atoms with Crippen molar-refractivity contribution in [3.63, 3.8) is 0 Å². The van der Waals surface area contributed by atoms with Crippen LogP contribution in [0.25, 0.3) is 10.8 Å². The molecular formula is C19H17N3O2. The smallest absolute Gasteiger partial charge is 0.316 e. The third-order valence-electron chi connectivity index (χ3n) is 3.59. The van der Waals surface area contributed by atoms with E-state index in [-0.39, 0.29) is 12.3 Å². The Morgan fingerprint density at radius 3 is 2.25 bits per heavy atom. The van der Waals surface area contributed by atoms with Crippen LogP contribution in [0.15, 0.2) is 66.7 Å². The van der Waals surface area contributed by atoms with Gasteiger partial charge >= 0.3 is 6.03 Å². The lowest BCUT2D eigenvalue weighted by molar-refractivity contribution is -0.115. The molecule has 0 spiro atoms. The molecular weight excluding hydrogens is 302 g/mol. The number of primary amides is 1. The molecule has 0 fully saturated rings. The summed E-state index contributed by atoms with van der Waals surface area (Å²) in [4.78, 5) is 23.1. The maximum atomic E-state index is 12.2. The van der Waals surface area contributed by atoms with Crippen LogP contribution in [0.4, 0.5) is 16.2 Å². The number of carbonyl (C=O) groups is 2. The van der Waals surface area contributed by atoms with Crippen molar-refractivity contribution in [1.82, 2.24) is 0 Å². The van der Waals surface area contributed by atoms with Crippen molar-refractivity contribution in [1.29, 1.82) is 0 Å². The van der Waals surface area contributed by atoms with Crippen LogP contribution >= 0.6 is 0 Å². The first-order chi connectivity index (χ1) is 11.6. The summed E-state index contributed by atoms with van der Waals surface area (Å²) in [7, 11) is 0. The molecule has 0 saturated heterocycles. The summed E-state index contributed by atoms with van der Waals surface area (Å²) < 4.78 is 0. The van der Waals surface area contributed by atoms with Gasteiger partial charge in [0.2, 0.25) is 5.91 Å². The predicted octanol–water partition coefficient (Wildman–Crippen LogP) is 3.51. The van der Waals surface area contributed by atoms with Gasteiger partial charge in [-0.25, -0.2) is 4.79 Å². The Labute approximate surface area is 139 Å². The van der Waals surface area contributed by atoms with Gasteiger partial charge in [0.1, 0.15) is 0 Å². The van der Waals surface area contributed by atoms with Crippen molar-refractivity contribution in [2.75, 3.05) is 10.6 Å². The molecule has 0 aliphatic rings. The van der Waals surface area contributed by atoms with Crippen LogP contribution in [0.3, 0.4) is 0 Å². The van der Waals surface area contributed by atoms with Crippen LogP contribution in [0.5, 0.6) is 0 Å². The molecule has 0 aliphatic carbocycles. The molecule has 24 heavy (non-hydrogen) atoms. The molecule has 0 bridgehead atoms. The van der Waals surface area contributed by atoms with E-state index in [1.807, 2.05) is 42.5 Å². The van der Waals surface area contributed by atoms with Crippen molar-refractivity contribution in [3.8, 4) is 0 Å². The zero-order chi connectivity index (χ0) is 16.9. The number of carbonyl (C=O) groups excluding carboxylic acids is 2. The Hall–Kier alpha value is -3.34. The van der Waals surface area contributed by atoms with Gasteiger partial charge in [0, 0.05) is 11.4 Å². The average molecular weight is 319 g/mol. The van der Waals surface area contributed by atoms with Gasteiger partial charge in [-0.2, -0.15) is 0 Å². The molecule has 0 atom stereocenters. The van der Waals surface area contributed by atoms with Gasteiger partial charge in [0.05, 0.1) is 6.42 Å². The van der Waals surface area contributed by atoms with E-state index < -0.39 is 6.03 Å². The summed E-state index contributed by atoms with van der Waals surface area (Å²) in [6.45, 7) is 0. The average Bonchev–Trinajstić information content (AvgIpc) is 2.54. The number of anilines is 2. The molecule has 5 nitrogen and oxygen atoms in total. The molecule has 3 amide bonds. The van der Waals surface area contributed by atoms with E-state index in [0.29, 0.717) is 11.4 Å². The van der Waals surface area contributed by atoms with Gasteiger partial charge in [-0.1, -0.05) is 48.5 Å². The van der Waals surface area contributed by atoms with Crippen LogP contribution in [-0.4, -0.2) is 11.9 Å². The quantitative estimate of drug-likeness (QED) is 0.687. The Morgan fingerprint density at radius 1 is 0.792 bits per heavy atom. The van der Waals surface area contributed by atoms with E-state index in [4.69, 9.17) is 5.73 Å². The first-order valence-electron chi connectivity index (χ1n) is 7.54. The van der Waals surface area contributed by atoms with E-state index in [0.717, 1.165) is 16.3 Å². The molecule has 3 aromatic rings. The molecule has 5 heteroatoms. The van der Waals surface area contributed by atoms with Crippen molar-refractivity contribution in [2.24, 2.45) is 5.73 Å². The van der Waals surface area contributed by atoms with Crippen molar-refractivity contribution < 1.29 is 9.59 Å². The Morgan fingerprint density at radius 2 is 1.50 bits per heavy atom. The lowest BCUT2D eigenvalue weighted by Crippen LogP contribution is -2.19. The van der Waals surface area contributed by atoms with Gasteiger partial charge in [-0.05, 0) is 34.5 Å². The van der Waals surface area contributed by atoms with Gasteiger partial charge in [-0.15, -0.1) is 0 Å². The predicted molar refractivity (Wildman–Crippen MR) is 95.9 cm³/mol. The minimum absolute atomic E-state index is 0.124. The number of nitrogens with one attached hydrogen (secondary N) is 2. The standard InChI is InChI=1S/C19H17N3O2/c20-19(24)22-17-7-3-6-16(12-17)21-18(23)11-13-8-9-14-4-1-2-5-15(14)10-13/h1-10,12H,11H2,(H,21,23)(H3,20,22,24). The van der Waals surface area contributed by atoms with Crippen molar-refractivity contribution in [2.45, 2.75) is 6.42 Å². The zero-order valence-electron chi connectivity index (χ0n) is 13.0. The lowest BCUT2D eigenvalue weighted by Gasteiger charge is -2.08. The number of amides is 3. The molecule has 0 unspecified atom stereocenters. The Balaban J connectivity index is 1.69. The molecule has 0 aromatic heterocycles. The highest BCUT2D eigenvalue weighted by Gasteiger charge is 2.06. The highest BCUT2D eigenvalue weighted by Crippen LogP contribution is 2.18. The van der Waals surface area contributed by atoms with Gasteiger partial charge < -0.3 is 16.4 Å². The number of fused-ring (bicyclic) bond motifs is 1. The first kappa shape index (κ1) is 15.6. The Bertz CT molecular complexity index is 906. The van der Waals surface area contributed by atoms with Gasteiger partial charge in [-0.3, -0.25) is 4.79 Å². The van der Waals surface area contributed by atoms with Crippen molar-refractivity contribution >= 4 is 34.1 Å². The minimum atomic E-state index is -0.644. The molecule has 0 radical (unpaired) electrons. The number of hydrogen-bond acceptors (Lipinski definition) is 2. The van der Waals surface area contributed by atoms with E-state index in [1.54, 1.807) is 24.3 Å². The van der Waals surface area contributed by atoms with E-state index >= 15 is 0 Å². The first-order valence-corrected chi connectivity index (χ1v) is 7.54. The fourth-order valence-electron chi connectivity index (χ4n) is 2.56. The SMILES string of the molecule is NC(=O)Nc1cccc(NC(=O)Cc2ccc3ccccc3c2)c1. The van der Waals surface area contributed by atoms with E-state index in [9.17, 15) is 9.59 Å². The second-order valence-corrected chi connectivity index (χ2v) is 5.48. The number of benzene rings is 3. The van der Waals surface area contributed by atoms with Crippen LogP contribution in [0.2, 0.25) is 0 Å². The fourth-order valence-corrected chi connectivity index (χ4v) is 2.56. The van der Waals surface area contributed by atoms with Crippen LogP contribution in [0.1, 0.15) is 5.56 Å². The number of hydrogen-bond donors (Lipinski definition) is 3. The molecule has 120 valence electrons. The number of rotatable bonds is 4. The summed E-state index contributed by atoms with van der Waals surface area (Å²) in [6.07, 6.45) is 0.276. The minimum Gasteiger partial charge on any atom is -0.351 e. The monoisotopic (exact) mass is 319 g/mol. The summed E-state index contributed by atoms with van der Waals surface area (Å²) in [5.41, 5.74) is 7.17. The second kappa shape index (κ2) is 6.83. The normalized spacial score (nSPS) is 10.3. The molecule has 3 aromatic carbocycles. The van der Waals surface area contributed by atoms with Crippen molar-refractivity contribution in [3.05, 3.63) is 72.3 Å². The topological polar surface area (TPSA) is 84.2 Å². The van der Waals surface area contributed by atoms with E-state index in [1.165, 1.54) is 0 Å². The number of urea groups is 1. The van der Waals surface area contributed by atoms with Crippen LogP contribution in [-0.2, 0) is 11.2 Å². The Kier molecular flexibility index (Phi) is 4.43. The van der Waals surface area contributed by atoms with E-state index in [2.05, 4.69) is 10.6 Å². The zero-order valence-corrected chi connectivity index (χ0v) is 13.0. The molecule has 0 aliphatic heterocycles. The largest absolute Gasteiger partial charge is 0.351 e. The molecule has 3 rings (SSSR count). The highest BCUT2D eigenvalue weighted by molar-refractivity contribution is 5.94.